The van der Waals surface area contributed by atoms with Crippen molar-refractivity contribution in [1.82, 2.24) is 5.32 Å². The lowest BCUT2D eigenvalue weighted by Crippen LogP contribution is -2.26. The highest BCUT2D eigenvalue weighted by Gasteiger charge is 2.03. The molecular formula is C19H22FNO2S. The molecule has 0 spiro atoms. The Bertz CT molecular complexity index is 629. The molecule has 128 valence electrons. The van der Waals surface area contributed by atoms with Gasteiger partial charge in [0.15, 0.2) is 0 Å². The first kappa shape index (κ1) is 18.3. The van der Waals surface area contributed by atoms with Crippen LogP contribution in [0.3, 0.4) is 0 Å². The van der Waals surface area contributed by atoms with Gasteiger partial charge < -0.3 is 10.1 Å². The molecule has 0 heterocycles. The van der Waals surface area contributed by atoms with Crippen LogP contribution >= 0.6 is 11.8 Å². The van der Waals surface area contributed by atoms with Gasteiger partial charge in [0.05, 0.1) is 13.0 Å². The molecule has 0 saturated carbocycles. The maximum absolute atomic E-state index is 12.8. The van der Waals surface area contributed by atoms with Crippen molar-refractivity contribution in [2.24, 2.45) is 0 Å². The number of thioether (sulfide) groups is 1. The number of benzene rings is 2. The standard InChI is InChI=1S/C19H22FNO2S/c1-2-23-17-8-4-15(5-9-17)14-19(22)21-12-3-13-24-18-10-6-16(20)7-11-18/h4-11H,2-3,12-14H2,1H3,(H,21,22). The third-order valence-electron chi connectivity index (χ3n) is 3.32. The van der Waals surface area contributed by atoms with Crippen molar-refractivity contribution in [3.8, 4) is 5.75 Å². The Balaban J connectivity index is 1.61. The summed E-state index contributed by atoms with van der Waals surface area (Å²) < 4.78 is 18.2. The summed E-state index contributed by atoms with van der Waals surface area (Å²) in [5, 5.41) is 2.92. The smallest absolute Gasteiger partial charge is 0.224 e. The zero-order chi connectivity index (χ0) is 17.2. The highest BCUT2D eigenvalue weighted by Crippen LogP contribution is 2.18. The van der Waals surface area contributed by atoms with E-state index in [9.17, 15) is 9.18 Å². The Kier molecular flexibility index (Phi) is 7.62. The molecule has 0 radical (unpaired) electrons. The van der Waals surface area contributed by atoms with Crippen molar-refractivity contribution in [3.63, 3.8) is 0 Å². The van der Waals surface area contributed by atoms with Gasteiger partial charge in [0.25, 0.3) is 0 Å². The lowest BCUT2D eigenvalue weighted by Gasteiger charge is -2.07. The van der Waals surface area contributed by atoms with Crippen LogP contribution in [0.2, 0.25) is 0 Å². The minimum absolute atomic E-state index is 0.0194. The zero-order valence-electron chi connectivity index (χ0n) is 13.8. The van der Waals surface area contributed by atoms with Crippen LogP contribution in [0.15, 0.2) is 53.4 Å². The number of carbonyl (C=O) groups is 1. The van der Waals surface area contributed by atoms with E-state index in [1.165, 1.54) is 12.1 Å². The molecule has 3 nitrogen and oxygen atoms in total. The van der Waals surface area contributed by atoms with Gasteiger partial charge in [-0.25, -0.2) is 4.39 Å². The molecule has 1 amide bonds. The number of amides is 1. The summed E-state index contributed by atoms with van der Waals surface area (Å²) in [7, 11) is 0. The first-order chi connectivity index (χ1) is 11.7. The summed E-state index contributed by atoms with van der Waals surface area (Å²) in [4.78, 5) is 12.9. The molecule has 0 atom stereocenters. The molecule has 0 saturated heterocycles. The molecule has 1 N–H and O–H groups in total. The van der Waals surface area contributed by atoms with Gasteiger partial charge in [0.2, 0.25) is 5.91 Å². The van der Waals surface area contributed by atoms with Crippen molar-refractivity contribution >= 4 is 17.7 Å². The fourth-order valence-electron chi connectivity index (χ4n) is 2.14. The predicted octanol–water partition coefficient (Wildman–Crippen LogP) is 4.07. The Morgan fingerprint density at radius 2 is 1.83 bits per heavy atom. The largest absolute Gasteiger partial charge is 0.494 e. The Labute approximate surface area is 146 Å². The van der Waals surface area contributed by atoms with Crippen LogP contribution in [0.4, 0.5) is 4.39 Å². The molecule has 0 aliphatic rings. The second kappa shape index (κ2) is 9.98. The Morgan fingerprint density at radius 3 is 2.50 bits per heavy atom. The van der Waals surface area contributed by atoms with Crippen LogP contribution in [0.25, 0.3) is 0 Å². The SMILES string of the molecule is CCOc1ccc(CC(=O)NCCCSc2ccc(F)cc2)cc1. The zero-order valence-corrected chi connectivity index (χ0v) is 14.6. The molecular weight excluding hydrogens is 325 g/mol. The lowest BCUT2D eigenvalue weighted by atomic mass is 10.1. The van der Waals surface area contributed by atoms with Gasteiger partial charge >= 0.3 is 0 Å². The summed E-state index contributed by atoms with van der Waals surface area (Å²) in [5.74, 6) is 1.50. The normalized spacial score (nSPS) is 10.4. The second-order valence-corrected chi connectivity index (χ2v) is 6.43. The molecule has 0 aromatic heterocycles. The lowest BCUT2D eigenvalue weighted by molar-refractivity contribution is -0.120. The summed E-state index contributed by atoms with van der Waals surface area (Å²) in [6, 6.07) is 14.0. The van der Waals surface area contributed by atoms with Crippen LogP contribution in [0.1, 0.15) is 18.9 Å². The van der Waals surface area contributed by atoms with Crippen molar-refractivity contribution in [2.45, 2.75) is 24.7 Å². The maximum atomic E-state index is 12.8. The second-order valence-electron chi connectivity index (χ2n) is 5.26. The molecule has 0 fully saturated rings. The number of hydrogen-bond donors (Lipinski definition) is 1. The van der Waals surface area contributed by atoms with E-state index in [0.717, 1.165) is 28.4 Å². The number of halogens is 1. The predicted molar refractivity (Wildman–Crippen MR) is 96.1 cm³/mol. The fraction of sp³-hybridized carbons (Fsp3) is 0.316. The van der Waals surface area contributed by atoms with E-state index in [0.29, 0.717) is 19.6 Å². The summed E-state index contributed by atoms with van der Waals surface area (Å²) in [6.45, 7) is 3.22. The average molecular weight is 347 g/mol. The van der Waals surface area contributed by atoms with Crippen LogP contribution < -0.4 is 10.1 Å². The Hall–Kier alpha value is -2.01. The summed E-state index contributed by atoms with van der Waals surface area (Å²) in [6.07, 6.45) is 1.24. The van der Waals surface area contributed by atoms with Gasteiger partial charge in [0, 0.05) is 11.4 Å². The van der Waals surface area contributed by atoms with E-state index in [2.05, 4.69) is 5.32 Å². The van der Waals surface area contributed by atoms with Crippen molar-refractivity contribution in [2.75, 3.05) is 18.9 Å². The van der Waals surface area contributed by atoms with Gasteiger partial charge in [-0.15, -0.1) is 11.8 Å². The van der Waals surface area contributed by atoms with Gasteiger partial charge in [-0.3, -0.25) is 4.79 Å². The first-order valence-electron chi connectivity index (χ1n) is 8.04. The quantitative estimate of drug-likeness (QED) is 0.549. The molecule has 0 bridgehead atoms. The van der Waals surface area contributed by atoms with Gasteiger partial charge in [-0.1, -0.05) is 12.1 Å². The molecule has 0 aliphatic heterocycles. The van der Waals surface area contributed by atoms with Gasteiger partial charge in [0.1, 0.15) is 11.6 Å². The van der Waals surface area contributed by atoms with Crippen LogP contribution in [-0.2, 0) is 11.2 Å². The van der Waals surface area contributed by atoms with Crippen molar-refractivity contribution in [3.05, 3.63) is 59.9 Å². The monoisotopic (exact) mass is 347 g/mol. The average Bonchev–Trinajstić information content (AvgIpc) is 2.58. The van der Waals surface area contributed by atoms with E-state index >= 15 is 0 Å². The number of rotatable bonds is 9. The minimum atomic E-state index is -0.221. The minimum Gasteiger partial charge on any atom is -0.494 e. The van der Waals surface area contributed by atoms with E-state index in [-0.39, 0.29) is 11.7 Å². The number of ether oxygens (including phenoxy) is 1. The highest BCUT2D eigenvalue weighted by atomic mass is 32.2. The van der Waals surface area contributed by atoms with Crippen molar-refractivity contribution < 1.29 is 13.9 Å². The third-order valence-corrected chi connectivity index (χ3v) is 4.42. The van der Waals surface area contributed by atoms with Crippen molar-refractivity contribution in [1.29, 1.82) is 0 Å². The van der Waals surface area contributed by atoms with Crippen LogP contribution in [0.5, 0.6) is 5.75 Å². The van der Waals surface area contributed by atoms with Crippen LogP contribution in [-0.4, -0.2) is 24.8 Å². The number of carbonyl (C=O) groups excluding carboxylic acids is 1. The molecule has 0 unspecified atom stereocenters. The molecule has 24 heavy (non-hydrogen) atoms. The topological polar surface area (TPSA) is 38.3 Å². The maximum Gasteiger partial charge on any atom is 0.224 e. The van der Waals surface area contributed by atoms with Gasteiger partial charge in [-0.05, 0) is 61.1 Å². The van der Waals surface area contributed by atoms with Gasteiger partial charge in [-0.2, -0.15) is 0 Å². The molecule has 0 aliphatic carbocycles. The summed E-state index contributed by atoms with van der Waals surface area (Å²) in [5.41, 5.74) is 0.969. The molecule has 2 aromatic rings. The molecule has 2 rings (SSSR count). The number of nitrogens with one attached hydrogen (secondary N) is 1. The molecule has 5 heteroatoms. The van der Waals surface area contributed by atoms with Crippen LogP contribution in [0, 0.1) is 5.82 Å². The van der Waals surface area contributed by atoms with E-state index < -0.39 is 0 Å². The Morgan fingerprint density at radius 1 is 1.12 bits per heavy atom. The number of hydrogen-bond acceptors (Lipinski definition) is 3. The highest BCUT2D eigenvalue weighted by molar-refractivity contribution is 7.99. The summed E-state index contributed by atoms with van der Waals surface area (Å²) >= 11 is 1.66. The van der Waals surface area contributed by atoms with E-state index in [1.54, 1.807) is 23.9 Å². The first-order valence-corrected chi connectivity index (χ1v) is 9.02. The van der Waals surface area contributed by atoms with E-state index in [1.807, 2.05) is 31.2 Å². The third kappa shape index (κ3) is 6.62. The van der Waals surface area contributed by atoms with E-state index in [4.69, 9.17) is 4.74 Å². The fourth-order valence-corrected chi connectivity index (χ4v) is 2.99. The molecule has 2 aromatic carbocycles.